The second-order valence-electron chi connectivity index (χ2n) is 8.14. The molecule has 0 saturated carbocycles. The Labute approximate surface area is 212 Å². The minimum atomic E-state index is -0.188. The van der Waals surface area contributed by atoms with Crippen LogP contribution in [0.25, 0.3) is 21.8 Å². The zero-order chi connectivity index (χ0) is 24.2. The minimum Gasteiger partial charge on any atom is -0.314 e. The van der Waals surface area contributed by atoms with Crippen LogP contribution in [-0.4, -0.2) is 26.9 Å². The number of thioether (sulfide) groups is 1. The number of hydrogen-bond acceptors (Lipinski definition) is 4. The van der Waals surface area contributed by atoms with E-state index in [2.05, 4.69) is 39.4 Å². The quantitative estimate of drug-likeness (QED) is 0.158. The average Bonchev–Trinajstić information content (AvgIpc) is 3.24. The summed E-state index contributed by atoms with van der Waals surface area (Å²) in [6.45, 7) is 2.46. The van der Waals surface area contributed by atoms with Crippen molar-refractivity contribution in [3.05, 3.63) is 107 Å². The van der Waals surface area contributed by atoms with E-state index in [-0.39, 0.29) is 11.7 Å². The summed E-state index contributed by atoms with van der Waals surface area (Å²) in [6.07, 6.45) is 0. The third-order valence-electron chi connectivity index (χ3n) is 5.75. The lowest BCUT2D eigenvalue weighted by Gasteiger charge is -2.10. The number of rotatable bonds is 7. The van der Waals surface area contributed by atoms with E-state index in [9.17, 15) is 4.79 Å². The third kappa shape index (κ3) is 5.24. The van der Waals surface area contributed by atoms with E-state index >= 15 is 0 Å². The predicted octanol–water partition coefficient (Wildman–Crippen LogP) is 6.52. The second kappa shape index (κ2) is 10.3. The van der Waals surface area contributed by atoms with Crippen LogP contribution in [0.1, 0.15) is 18.1 Å². The maximum absolute atomic E-state index is 12.6. The summed E-state index contributed by atoms with van der Waals surface area (Å²) in [6, 6.07) is 30.0. The Morgan fingerprint density at radius 3 is 2.57 bits per heavy atom. The van der Waals surface area contributed by atoms with Crippen LogP contribution in [0.15, 0.2) is 101 Å². The second-order valence-corrected chi connectivity index (χ2v) is 9.49. The Kier molecular flexibility index (Phi) is 6.84. The van der Waals surface area contributed by atoms with Crippen molar-refractivity contribution in [1.29, 1.82) is 0 Å². The average molecular weight is 499 g/mol. The number of para-hydroxylation sites is 2. The molecule has 1 amide bonds. The topological polar surface area (TPSA) is 59.3 Å². The summed E-state index contributed by atoms with van der Waals surface area (Å²) in [5.41, 5.74) is 7.28. The molecule has 0 aliphatic rings. The molecule has 0 radical (unpaired) electrons. The van der Waals surface area contributed by atoms with Gasteiger partial charge in [0.1, 0.15) is 0 Å². The summed E-state index contributed by atoms with van der Waals surface area (Å²) >= 11 is 7.79. The van der Waals surface area contributed by atoms with E-state index in [1.54, 1.807) is 0 Å². The fraction of sp³-hybridized carbons (Fsp3) is 0.107. The van der Waals surface area contributed by atoms with Crippen LogP contribution < -0.4 is 5.43 Å². The molecule has 0 saturated heterocycles. The number of fused-ring (bicyclic) bond motifs is 2. The highest BCUT2D eigenvalue weighted by molar-refractivity contribution is 7.99. The molecule has 0 aliphatic carbocycles. The van der Waals surface area contributed by atoms with Gasteiger partial charge < -0.3 is 4.57 Å². The number of hydrazone groups is 1. The van der Waals surface area contributed by atoms with Gasteiger partial charge in [0, 0.05) is 5.02 Å². The number of aromatic nitrogens is 2. The van der Waals surface area contributed by atoms with E-state index < -0.39 is 0 Å². The van der Waals surface area contributed by atoms with Gasteiger partial charge in [-0.15, -0.1) is 0 Å². The molecule has 1 aromatic heterocycles. The Balaban J connectivity index is 1.30. The van der Waals surface area contributed by atoms with Gasteiger partial charge in [-0.05, 0) is 53.1 Å². The maximum Gasteiger partial charge on any atom is 0.250 e. The fourth-order valence-corrected chi connectivity index (χ4v) is 4.90. The molecule has 0 aliphatic heterocycles. The van der Waals surface area contributed by atoms with E-state index in [0.29, 0.717) is 11.6 Å². The molecule has 5 rings (SSSR count). The van der Waals surface area contributed by atoms with Crippen LogP contribution in [-0.2, 0) is 11.3 Å². The van der Waals surface area contributed by atoms with Crippen molar-refractivity contribution in [2.75, 3.05) is 5.75 Å². The van der Waals surface area contributed by atoms with Crippen LogP contribution >= 0.6 is 23.4 Å². The van der Waals surface area contributed by atoms with Crippen molar-refractivity contribution in [2.45, 2.75) is 18.6 Å². The van der Waals surface area contributed by atoms with Crippen LogP contribution in [0.5, 0.6) is 0 Å². The minimum absolute atomic E-state index is 0.188. The van der Waals surface area contributed by atoms with Gasteiger partial charge in [-0.25, -0.2) is 10.4 Å². The number of carbonyl (C=O) groups excluding carboxylic acids is 1. The van der Waals surface area contributed by atoms with Crippen molar-refractivity contribution in [3.8, 4) is 0 Å². The maximum atomic E-state index is 12.6. The van der Waals surface area contributed by atoms with Gasteiger partial charge in [0.05, 0.1) is 29.0 Å². The summed E-state index contributed by atoms with van der Waals surface area (Å²) in [5, 5.41) is 8.09. The first kappa shape index (κ1) is 23.1. The zero-order valence-corrected chi connectivity index (χ0v) is 20.7. The standard InChI is InChI=1S/C28H23ClN4OS/c1-19(21-15-14-20-8-2-3-9-22(20)16-21)31-32-27(34)18-35-28-30-25-12-6-7-13-26(25)33(28)17-23-10-4-5-11-24(23)29/h2-16H,17-18H2,1H3,(H,32,34)/b31-19-. The van der Waals surface area contributed by atoms with Crippen molar-refractivity contribution >= 4 is 56.8 Å². The lowest BCUT2D eigenvalue weighted by Crippen LogP contribution is -2.21. The van der Waals surface area contributed by atoms with E-state index in [1.807, 2.05) is 73.7 Å². The molecule has 4 aromatic carbocycles. The number of nitrogens with one attached hydrogen (secondary N) is 1. The molecule has 5 nitrogen and oxygen atoms in total. The monoisotopic (exact) mass is 498 g/mol. The SMILES string of the molecule is C/C(=N/NC(=O)CSc1nc2ccccc2n1Cc1ccccc1Cl)c1ccc2ccccc2c1. The first-order valence-electron chi connectivity index (χ1n) is 11.2. The number of hydrogen-bond donors (Lipinski definition) is 1. The van der Waals surface area contributed by atoms with Gasteiger partial charge >= 0.3 is 0 Å². The van der Waals surface area contributed by atoms with Gasteiger partial charge in [0.25, 0.3) is 5.91 Å². The highest BCUT2D eigenvalue weighted by Gasteiger charge is 2.14. The van der Waals surface area contributed by atoms with Crippen LogP contribution in [0, 0.1) is 0 Å². The molecule has 1 heterocycles. The molecule has 1 N–H and O–H groups in total. The number of benzene rings is 4. The molecule has 174 valence electrons. The van der Waals surface area contributed by atoms with E-state index in [4.69, 9.17) is 16.6 Å². The molecule has 7 heteroatoms. The van der Waals surface area contributed by atoms with Crippen molar-refractivity contribution < 1.29 is 4.79 Å². The Morgan fingerprint density at radius 2 is 1.71 bits per heavy atom. The number of imidazole rings is 1. The molecule has 5 aromatic rings. The van der Waals surface area contributed by atoms with Gasteiger partial charge in [0.2, 0.25) is 0 Å². The van der Waals surface area contributed by atoms with Crippen LogP contribution in [0.2, 0.25) is 5.02 Å². The lowest BCUT2D eigenvalue weighted by molar-refractivity contribution is -0.118. The highest BCUT2D eigenvalue weighted by Crippen LogP contribution is 2.27. The summed E-state index contributed by atoms with van der Waals surface area (Å²) in [7, 11) is 0. The molecule has 35 heavy (non-hydrogen) atoms. The highest BCUT2D eigenvalue weighted by atomic mass is 35.5. The molecule has 0 unspecified atom stereocenters. The first-order chi connectivity index (χ1) is 17.1. The van der Waals surface area contributed by atoms with Gasteiger partial charge in [-0.1, -0.05) is 90.1 Å². The smallest absolute Gasteiger partial charge is 0.250 e. The first-order valence-corrected chi connectivity index (χ1v) is 12.6. The number of amides is 1. The largest absolute Gasteiger partial charge is 0.314 e. The normalized spacial score (nSPS) is 11.8. The van der Waals surface area contributed by atoms with Crippen LogP contribution in [0.3, 0.4) is 0 Å². The summed E-state index contributed by atoms with van der Waals surface area (Å²) in [5.74, 6) is 0.00635. The molecule has 0 bridgehead atoms. The summed E-state index contributed by atoms with van der Waals surface area (Å²) < 4.78 is 2.10. The number of nitrogens with zero attached hydrogens (tertiary/aromatic N) is 3. The number of carbonyl (C=O) groups is 1. The number of halogens is 1. The van der Waals surface area contributed by atoms with Crippen molar-refractivity contribution in [1.82, 2.24) is 15.0 Å². The fourth-order valence-electron chi connectivity index (χ4n) is 3.90. The molecular weight excluding hydrogens is 476 g/mol. The summed E-state index contributed by atoms with van der Waals surface area (Å²) in [4.78, 5) is 17.4. The van der Waals surface area contributed by atoms with Crippen LogP contribution in [0.4, 0.5) is 0 Å². The Bertz CT molecular complexity index is 1560. The molecular formula is C28H23ClN4OS. The molecule has 0 spiro atoms. The van der Waals surface area contributed by atoms with E-state index in [0.717, 1.165) is 38.4 Å². The molecule has 0 atom stereocenters. The van der Waals surface area contributed by atoms with E-state index in [1.165, 1.54) is 17.1 Å². The predicted molar refractivity (Wildman–Crippen MR) is 145 cm³/mol. The Morgan fingerprint density at radius 1 is 0.971 bits per heavy atom. The van der Waals surface area contributed by atoms with Crippen molar-refractivity contribution in [2.24, 2.45) is 5.10 Å². The van der Waals surface area contributed by atoms with Gasteiger partial charge in [-0.3, -0.25) is 4.79 Å². The lowest BCUT2D eigenvalue weighted by atomic mass is 10.0. The van der Waals surface area contributed by atoms with Gasteiger partial charge in [-0.2, -0.15) is 5.10 Å². The van der Waals surface area contributed by atoms with Gasteiger partial charge in [0.15, 0.2) is 5.16 Å². The molecule has 0 fully saturated rings. The zero-order valence-electron chi connectivity index (χ0n) is 19.1. The Hall–Kier alpha value is -3.61. The third-order valence-corrected chi connectivity index (χ3v) is 7.10. The van der Waals surface area contributed by atoms with Crippen molar-refractivity contribution in [3.63, 3.8) is 0 Å².